The highest BCUT2D eigenvalue weighted by atomic mass is 79.9. The summed E-state index contributed by atoms with van der Waals surface area (Å²) in [7, 11) is 1.64. The summed E-state index contributed by atoms with van der Waals surface area (Å²) in [6.07, 6.45) is 1.14. The Labute approximate surface area is 105 Å². The number of ether oxygens (including phenoxy) is 2. The fraction of sp³-hybridized carbons (Fsp3) is 0.500. The number of methoxy groups -OCH3 is 1. The number of rotatable bonds is 7. The smallest absolute Gasteiger partial charge is 0.175 e. The molecule has 0 fully saturated rings. The topological polar surface area (TPSA) is 30.5 Å². The molecule has 1 aromatic rings. The van der Waals surface area contributed by atoms with E-state index in [4.69, 9.17) is 9.47 Å². The maximum atomic E-state index is 5.67. The van der Waals surface area contributed by atoms with E-state index in [0.717, 1.165) is 35.5 Å². The van der Waals surface area contributed by atoms with Gasteiger partial charge in [0.05, 0.1) is 11.6 Å². The summed E-state index contributed by atoms with van der Waals surface area (Å²) in [5, 5.41) is 3.28. The van der Waals surface area contributed by atoms with E-state index in [0.29, 0.717) is 6.61 Å². The molecule has 0 spiro atoms. The molecule has 0 radical (unpaired) electrons. The SMILES string of the molecule is CCCNCCOc1c(Br)cccc1OC. The van der Waals surface area contributed by atoms with Crippen molar-refractivity contribution in [1.29, 1.82) is 0 Å². The van der Waals surface area contributed by atoms with Gasteiger partial charge in [-0.2, -0.15) is 0 Å². The van der Waals surface area contributed by atoms with Crippen LogP contribution in [0.3, 0.4) is 0 Å². The van der Waals surface area contributed by atoms with Crippen molar-refractivity contribution in [1.82, 2.24) is 5.32 Å². The molecule has 0 heterocycles. The second-order valence-electron chi connectivity index (χ2n) is 3.37. The summed E-state index contributed by atoms with van der Waals surface area (Å²) in [6, 6.07) is 5.75. The number of hydrogen-bond acceptors (Lipinski definition) is 3. The first-order chi connectivity index (χ1) is 7.79. The van der Waals surface area contributed by atoms with Crippen LogP contribution in [0.2, 0.25) is 0 Å². The minimum absolute atomic E-state index is 0.638. The fourth-order valence-corrected chi connectivity index (χ4v) is 1.78. The Morgan fingerprint density at radius 2 is 2.12 bits per heavy atom. The molecule has 0 aliphatic carbocycles. The Morgan fingerprint density at radius 3 is 2.81 bits per heavy atom. The third-order valence-electron chi connectivity index (χ3n) is 2.10. The van der Waals surface area contributed by atoms with E-state index in [2.05, 4.69) is 28.2 Å². The molecule has 1 aromatic carbocycles. The van der Waals surface area contributed by atoms with Crippen LogP contribution in [0.25, 0.3) is 0 Å². The molecule has 0 atom stereocenters. The standard InChI is InChI=1S/C12H18BrNO2/c1-3-7-14-8-9-16-12-10(13)5-4-6-11(12)15-2/h4-6,14H,3,7-9H2,1-2H3. The molecule has 0 aromatic heterocycles. The lowest BCUT2D eigenvalue weighted by molar-refractivity contribution is 0.290. The van der Waals surface area contributed by atoms with Gasteiger partial charge in [0.2, 0.25) is 0 Å². The van der Waals surface area contributed by atoms with Crippen LogP contribution >= 0.6 is 15.9 Å². The molecule has 0 unspecified atom stereocenters. The minimum atomic E-state index is 0.638. The molecule has 0 aliphatic heterocycles. The normalized spacial score (nSPS) is 10.2. The average molecular weight is 288 g/mol. The monoisotopic (exact) mass is 287 g/mol. The lowest BCUT2D eigenvalue weighted by atomic mass is 10.3. The molecule has 0 aliphatic rings. The van der Waals surface area contributed by atoms with Crippen LogP contribution in [0.1, 0.15) is 13.3 Å². The number of hydrogen-bond donors (Lipinski definition) is 1. The first-order valence-electron chi connectivity index (χ1n) is 5.45. The largest absolute Gasteiger partial charge is 0.493 e. The van der Waals surface area contributed by atoms with E-state index in [1.165, 1.54) is 0 Å². The third-order valence-corrected chi connectivity index (χ3v) is 2.73. The Morgan fingerprint density at radius 1 is 1.31 bits per heavy atom. The molecule has 0 saturated carbocycles. The van der Waals surface area contributed by atoms with Crippen LogP contribution in [-0.2, 0) is 0 Å². The Kier molecular flexibility index (Phi) is 6.26. The highest BCUT2D eigenvalue weighted by Gasteiger charge is 2.07. The summed E-state index contributed by atoms with van der Waals surface area (Å²) in [4.78, 5) is 0. The van der Waals surface area contributed by atoms with Crippen molar-refractivity contribution in [2.24, 2.45) is 0 Å². The molecule has 90 valence electrons. The van der Waals surface area contributed by atoms with Crippen molar-refractivity contribution in [3.05, 3.63) is 22.7 Å². The van der Waals surface area contributed by atoms with Crippen molar-refractivity contribution in [2.45, 2.75) is 13.3 Å². The van der Waals surface area contributed by atoms with Gasteiger partial charge >= 0.3 is 0 Å². The molecule has 1 N–H and O–H groups in total. The molecule has 4 heteroatoms. The number of nitrogens with one attached hydrogen (secondary N) is 1. The second kappa shape index (κ2) is 7.52. The minimum Gasteiger partial charge on any atom is -0.493 e. The summed E-state index contributed by atoms with van der Waals surface area (Å²) in [6.45, 7) is 4.65. The van der Waals surface area contributed by atoms with Crippen molar-refractivity contribution in [3.8, 4) is 11.5 Å². The average Bonchev–Trinajstić information content (AvgIpc) is 2.30. The van der Waals surface area contributed by atoms with Crippen LogP contribution in [0.4, 0.5) is 0 Å². The van der Waals surface area contributed by atoms with Gasteiger partial charge in [-0.3, -0.25) is 0 Å². The lowest BCUT2D eigenvalue weighted by Gasteiger charge is -2.12. The van der Waals surface area contributed by atoms with Crippen molar-refractivity contribution in [3.63, 3.8) is 0 Å². The van der Waals surface area contributed by atoms with Gasteiger partial charge in [0.25, 0.3) is 0 Å². The first-order valence-corrected chi connectivity index (χ1v) is 6.25. The van der Waals surface area contributed by atoms with Gasteiger partial charge in [0.15, 0.2) is 11.5 Å². The molecule has 3 nitrogen and oxygen atoms in total. The van der Waals surface area contributed by atoms with E-state index in [1.54, 1.807) is 7.11 Å². The van der Waals surface area contributed by atoms with Crippen molar-refractivity contribution in [2.75, 3.05) is 26.8 Å². The van der Waals surface area contributed by atoms with Gasteiger partial charge in [0.1, 0.15) is 6.61 Å². The molecule has 0 bridgehead atoms. The fourth-order valence-electron chi connectivity index (χ4n) is 1.32. The Balaban J connectivity index is 2.46. The summed E-state index contributed by atoms with van der Waals surface area (Å²) < 4.78 is 11.8. The molecular weight excluding hydrogens is 270 g/mol. The highest BCUT2D eigenvalue weighted by Crippen LogP contribution is 2.34. The predicted octanol–water partition coefficient (Wildman–Crippen LogP) is 2.84. The molecule has 0 saturated heterocycles. The number of para-hydroxylation sites is 1. The second-order valence-corrected chi connectivity index (χ2v) is 4.22. The summed E-state index contributed by atoms with van der Waals surface area (Å²) >= 11 is 3.45. The van der Waals surface area contributed by atoms with Crippen LogP contribution in [-0.4, -0.2) is 26.8 Å². The van der Waals surface area contributed by atoms with E-state index < -0.39 is 0 Å². The zero-order chi connectivity index (χ0) is 11.8. The quantitative estimate of drug-likeness (QED) is 0.783. The lowest BCUT2D eigenvalue weighted by Crippen LogP contribution is -2.21. The van der Waals surface area contributed by atoms with Crippen molar-refractivity contribution >= 4 is 15.9 Å². The van der Waals surface area contributed by atoms with E-state index in [1.807, 2.05) is 18.2 Å². The molecular formula is C12H18BrNO2. The van der Waals surface area contributed by atoms with Gasteiger partial charge in [-0.1, -0.05) is 13.0 Å². The molecule has 0 amide bonds. The van der Waals surface area contributed by atoms with Crippen LogP contribution in [0, 0.1) is 0 Å². The zero-order valence-electron chi connectivity index (χ0n) is 9.75. The van der Waals surface area contributed by atoms with Gasteiger partial charge in [-0.05, 0) is 41.0 Å². The van der Waals surface area contributed by atoms with E-state index in [-0.39, 0.29) is 0 Å². The van der Waals surface area contributed by atoms with Gasteiger partial charge in [0, 0.05) is 6.54 Å². The third kappa shape index (κ3) is 4.02. The zero-order valence-corrected chi connectivity index (χ0v) is 11.3. The molecule has 16 heavy (non-hydrogen) atoms. The van der Waals surface area contributed by atoms with Gasteiger partial charge in [-0.15, -0.1) is 0 Å². The summed E-state index contributed by atoms with van der Waals surface area (Å²) in [5.74, 6) is 1.52. The van der Waals surface area contributed by atoms with Crippen LogP contribution in [0.5, 0.6) is 11.5 Å². The van der Waals surface area contributed by atoms with E-state index in [9.17, 15) is 0 Å². The Bertz CT molecular complexity index is 318. The summed E-state index contributed by atoms with van der Waals surface area (Å²) in [5.41, 5.74) is 0. The van der Waals surface area contributed by atoms with Gasteiger partial charge in [-0.25, -0.2) is 0 Å². The maximum absolute atomic E-state index is 5.67. The first kappa shape index (κ1) is 13.3. The maximum Gasteiger partial charge on any atom is 0.175 e. The highest BCUT2D eigenvalue weighted by molar-refractivity contribution is 9.10. The Hall–Kier alpha value is -0.740. The van der Waals surface area contributed by atoms with E-state index >= 15 is 0 Å². The molecule has 1 rings (SSSR count). The van der Waals surface area contributed by atoms with Gasteiger partial charge < -0.3 is 14.8 Å². The predicted molar refractivity (Wildman–Crippen MR) is 69.3 cm³/mol. The van der Waals surface area contributed by atoms with Crippen molar-refractivity contribution < 1.29 is 9.47 Å². The van der Waals surface area contributed by atoms with Crippen LogP contribution < -0.4 is 14.8 Å². The van der Waals surface area contributed by atoms with Crippen LogP contribution in [0.15, 0.2) is 22.7 Å². The number of halogens is 1. The number of benzene rings is 1.